The van der Waals surface area contributed by atoms with Gasteiger partial charge in [-0.15, -0.1) is 16.7 Å². The molecule has 0 radical (unpaired) electrons. The number of aryl methyl sites for hydroxylation is 1. The Labute approximate surface area is 110 Å². The number of alkyl halides is 1. The third kappa shape index (κ3) is 3.54. The van der Waals surface area contributed by atoms with Gasteiger partial charge in [0.05, 0.1) is 12.2 Å². The largest absolute Gasteiger partial charge is 0.377 e. The van der Waals surface area contributed by atoms with Gasteiger partial charge in [-0.2, -0.15) is 0 Å². The molecular weight excluding hydrogens is 256 g/mol. The molecule has 0 aliphatic rings. The highest BCUT2D eigenvalue weighted by atomic mass is 35.5. The molecule has 2 aromatic rings. The van der Waals surface area contributed by atoms with Crippen molar-refractivity contribution in [2.45, 2.75) is 26.0 Å². The predicted molar refractivity (Wildman–Crippen MR) is 65.4 cm³/mol. The Bertz CT molecular complexity index is 483. The van der Waals surface area contributed by atoms with Gasteiger partial charge < -0.3 is 9.26 Å². The number of rotatable bonds is 7. The molecule has 2 heterocycles. The minimum atomic E-state index is 0.422. The fraction of sp³-hybridized carbons (Fsp3) is 0.545. The van der Waals surface area contributed by atoms with Crippen molar-refractivity contribution in [2.75, 3.05) is 13.0 Å². The standard InChI is InChI=1S/C11H15ClN4O2/c1-17-8-11-5-10(14-18-11)7-16-6-9(13-15-16)3-2-4-12/h5-6H,2-4,7-8H2,1H3. The lowest BCUT2D eigenvalue weighted by Crippen LogP contribution is -2.00. The summed E-state index contributed by atoms with van der Waals surface area (Å²) in [5.41, 5.74) is 1.74. The normalized spacial score (nSPS) is 11.0. The molecule has 18 heavy (non-hydrogen) atoms. The molecule has 0 aliphatic heterocycles. The molecule has 0 saturated heterocycles. The van der Waals surface area contributed by atoms with Crippen molar-refractivity contribution in [3.63, 3.8) is 0 Å². The highest BCUT2D eigenvalue weighted by Crippen LogP contribution is 2.07. The van der Waals surface area contributed by atoms with Gasteiger partial charge in [0.25, 0.3) is 0 Å². The molecular formula is C11H15ClN4O2. The highest BCUT2D eigenvalue weighted by molar-refractivity contribution is 6.17. The van der Waals surface area contributed by atoms with Crippen LogP contribution in [0.5, 0.6) is 0 Å². The van der Waals surface area contributed by atoms with Crippen molar-refractivity contribution >= 4 is 11.6 Å². The first kappa shape index (κ1) is 13.0. The molecule has 7 heteroatoms. The van der Waals surface area contributed by atoms with Crippen LogP contribution in [0.3, 0.4) is 0 Å². The van der Waals surface area contributed by atoms with Crippen LogP contribution < -0.4 is 0 Å². The van der Waals surface area contributed by atoms with Gasteiger partial charge in [-0.25, -0.2) is 4.68 Å². The molecule has 0 unspecified atom stereocenters. The van der Waals surface area contributed by atoms with Crippen molar-refractivity contribution in [2.24, 2.45) is 0 Å². The molecule has 0 fully saturated rings. The third-order valence-electron chi connectivity index (χ3n) is 2.37. The zero-order valence-electron chi connectivity index (χ0n) is 10.2. The summed E-state index contributed by atoms with van der Waals surface area (Å²) in [5.74, 6) is 1.34. The number of hydrogen-bond acceptors (Lipinski definition) is 5. The van der Waals surface area contributed by atoms with E-state index in [0.29, 0.717) is 24.8 Å². The number of nitrogens with zero attached hydrogens (tertiary/aromatic N) is 4. The summed E-state index contributed by atoms with van der Waals surface area (Å²) in [6.07, 6.45) is 3.65. The van der Waals surface area contributed by atoms with Crippen LogP contribution in [0.25, 0.3) is 0 Å². The highest BCUT2D eigenvalue weighted by Gasteiger charge is 2.06. The van der Waals surface area contributed by atoms with E-state index in [-0.39, 0.29) is 0 Å². The van der Waals surface area contributed by atoms with E-state index >= 15 is 0 Å². The lowest BCUT2D eigenvalue weighted by atomic mass is 10.3. The molecule has 0 saturated carbocycles. The van der Waals surface area contributed by atoms with Gasteiger partial charge in [-0.1, -0.05) is 10.4 Å². The summed E-state index contributed by atoms with van der Waals surface area (Å²) in [6, 6.07) is 1.85. The second-order valence-corrected chi connectivity index (χ2v) is 4.30. The quantitative estimate of drug-likeness (QED) is 0.716. The molecule has 0 aliphatic carbocycles. The molecule has 0 bridgehead atoms. The molecule has 2 aromatic heterocycles. The summed E-state index contributed by atoms with van der Waals surface area (Å²) in [4.78, 5) is 0. The van der Waals surface area contributed by atoms with Gasteiger partial charge in [0.2, 0.25) is 0 Å². The monoisotopic (exact) mass is 270 g/mol. The summed E-state index contributed by atoms with van der Waals surface area (Å²) in [5, 5.41) is 12.0. The smallest absolute Gasteiger partial charge is 0.162 e. The van der Waals surface area contributed by atoms with Crippen LogP contribution in [0.15, 0.2) is 16.8 Å². The molecule has 0 atom stereocenters. The summed E-state index contributed by atoms with van der Waals surface area (Å²) < 4.78 is 11.8. The molecule has 0 N–H and O–H groups in total. The van der Waals surface area contributed by atoms with Crippen molar-refractivity contribution in [1.82, 2.24) is 20.2 Å². The maximum atomic E-state index is 5.63. The third-order valence-corrected chi connectivity index (χ3v) is 2.64. The zero-order chi connectivity index (χ0) is 12.8. The van der Waals surface area contributed by atoms with E-state index in [1.165, 1.54) is 0 Å². The van der Waals surface area contributed by atoms with E-state index in [1.807, 2.05) is 12.3 Å². The SMILES string of the molecule is COCc1cc(Cn2cc(CCCCl)nn2)no1. The van der Waals surface area contributed by atoms with E-state index in [9.17, 15) is 0 Å². The van der Waals surface area contributed by atoms with E-state index in [4.69, 9.17) is 20.9 Å². The fourth-order valence-electron chi connectivity index (χ4n) is 1.58. The molecule has 6 nitrogen and oxygen atoms in total. The van der Waals surface area contributed by atoms with Crippen LogP contribution in [0.1, 0.15) is 23.6 Å². The first-order valence-corrected chi connectivity index (χ1v) is 6.23. The van der Waals surface area contributed by atoms with Crippen LogP contribution in [0, 0.1) is 0 Å². The van der Waals surface area contributed by atoms with Gasteiger partial charge in [0, 0.05) is 25.3 Å². The van der Waals surface area contributed by atoms with Gasteiger partial charge in [0.15, 0.2) is 5.76 Å². The molecule has 0 amide bonds. The van der Waals surface area contributed by atoms with E-state index in [1.54, 1.807) is 11.8 Å². The average molecular weight is 271 g/mol. The number of hydrogen-bond donors (Lipinski definition) is 0. The lowest BCUT2D eigenvalue weighted by Gasteiger charge is -1.93. The predicted octanol–water partition coefficient (Wildman–Crippen LogP) is 1.63. The molecule has 98 valence electrons. The van der Waals surface area contributed by atoms with E-state index in [2.05, 4.69) is 15.5 Å². The van der Waals surface area contributed by atoms with Crippen molar-refractivity contribution in [3.8, 4) is 0 Å². The second kappa shape index (κ2) is 6.51. The summed E-state index contributed by atoms with van der Waals surface area (Å²) in [6.45, 7) is 0.965. The van der Waals surface area contributed by atoms with Gasteiger partial charge in [-0.3, -0.25) is 0 Å². The molecule has 0 aromatic carbocycles. The fourth-order valence-corrected chi connectivity index (χ4v) is 1.72. The Balaban J connectivity index is 1.93. The number of ether oxygens (including phenoxy) is 1. The van der Waals surface area contributed by atoms with Crippen molar-refractivity contribution < 1.29 is 9.26 Å². The number of aromatic nitrogens is 4. The Morgan fingerprint density at radius 1 is 1.44 bits per heavy atom. The van der Waals surface area contributed by atoms with E-state index in [0.717, 1.165) is 24.2 Å². The van der Waals surface area contributed by atoms with Crippen LogP contribution in [-0.4, -0.2) is 33.1 Å². The van der Waals surface area contributed by atoms with Crippen molar-refractivity contribution in [1.29, 1.82) is 0 Å². The zero-order valence-corrected chi connectivity index (χ0v) is 10.9. The summed E-state index contributed by atoms with van der Waals surface area (Å²) >= 11 is 5.63. The van der Waals surface area contributed by atoms with Gasteiger partial charge >= 0.3 is 0 Å². The summed E-state index contributed by atoms with van der Waals surface area (Å²) in [7, 11) is 1.61. The van der Waals surface area contributed by atoms with Crippen LogP contribution >= 0.6 is 11.6 Å². The second-order valence-electron chi connectivity index (χ2n) is 3.92. The maximum absolute atomic E-state index is 5.63. The number of methoxy groups -OCH3 is 1. The lowest BCUT2D eigenvalue weighted by molar-refractivity contribution is 0.155. The van der Waals surface area contributed by atoms with Crippen molar-refractivity contribution in [3.05, 3.63) is 29.4 Å². The first-order valence-electron chi connectivity index (χ1n) is 5.70. The van der Waals surface area contributed by atoms with Gasteiger partial charge in [-0.05, 0) is 12.8 Å². The van der Waals surface area contributed by atoms with Crippen LogP contribution in [0.2, 0.25) is 0 Å². The minimum Gasteiger partial charge on any atom is -0.377 e. The van der Waals surface area contributed by atoms with Crippen LogP contribution in [-0.2, 0) is 24.3 Å². The Hall–Kier alpha value is -1.40. The first-order chi connectivity index (χ1) is 8.81. The molecule has 2 rings (SSSR count). The Morgan fingerprint density at radius 2 is 2.33 bits per heavy atom. The Kier molecular flexibility index (Phi) is 4.72. The Morgan fingerprint density at radius 3 is 3.11 bits per heavy atom. The number of halogens is 1. The minimum absolute atomic E-state index is 0.422. The van der Waals surface area contributed by atoms with Crippen LogP contribution in [0.4, 0.5) is 0 Å². The maximum Gasteiger partial charge on any atom is 0.162 e. The topological polar surface area (TPSA) is 66.0 Å². The van der Waals surface area contributed by atoms with E-state index < -0.39 is 0 Å². The van der Waals surface area contributed by atoms with Gasteiger partial charge in [0.1, 0.15) is 12.3 Å². The molecule has 0 spiro atoms. The average Bonchev–Trinajstić information content (AvgIpc) is 2.98.